The molecular formula is C12H12BrFN2O3S. The van der Waals surface area contributed by atoms with E-state index in [0.29, 0.717) is 11.3 Å². The van der Waals surface area contributed by atoms with Gasteiger partial charge < -0.3 is 4.52 Å². The van der Waals surface area contributed by atoms with Gasteiger partial charge in [-0.3, -0.25) is 4.72 Å². The zero-order valence-corrected chi connectivity index (χ0v) is 13.4. The second-order valence-corrected chi connectivity index (χ2v) is 6.81. The summed E-state index contributed by atoms with van der Waals surface area (Å²) in [5, 5.41) is 3.61. The van der Waals surface area contributed by atoms with Gasteiger partial charge in [0.05, 0.1) is 10.2 Å². The summed E-state index contributed by atoms with van der Waals surface area (Å²) in [4.78, 5) is -0.00246. The number of anilines is 1. The lowest BCUT2D eigenvalue weighted by atomic mass is 10.2. The molecule has 1 aromatic heterocycles. The van der Waals surface area contributed by atoms with Gasteiger partial charge in [0.15, 0.2) is 10.7 Å². The minimum Gasteiger partial charge on any atom is -0.360 e. The van der Waals surface area contributed by atoms with Crippen molar-refractivity contribution in [3.8, 4) is 0 Å². The van der Waals surface area contributed by atoms with Gasteiger partial charge in [-0.15, -0.1) is 0 Å². The first-order valence-electron chi connectivity index (χ1n) is 5.63. The number of hydrogen-bond donors (Lipinski definition) is 1. The molecule has 0 saturated carbocycles. The zero-order valence-electron chi connectivity index (χ0n) is 11.0. The molecule has 8 heteroatoms. The number of benzene rings is 1. The van der Waals surface area contributed by atoms with Crippen molar-refractivity contribution in [2.75, 3.05) is 4.72 Å². The standard InChI is InChI=1S/C12H12BrFN2O3S/c1-6-4-10(14)9(13)5-11(6)16-20(17,18)12-7(2)15-19-8(12)3/h4-5,16H,1-3H3. The number of sulfonamides is 1. The van der Waals surface area contributed by atoms with Crippen LogP contribution in [0.15, 0.2) is 26.0 Å². The molecular weight excluding hydrogens is 351 g/mol. The fraction of sp³-hybridized carbons (Fsp3) is 0.250. The second-order valence-electron chi connectivity index (χ2n) is 4.34. The third-order valence-corrected chi connectivity index (χ3v) is 4.96. The van der Waals surface area contributed by atoms with E-state index in [1.807, 2.05) is 0 Å². The molecule has 0 bridgehead atoms. The average molecular weight is 363 g/mol. The van der Waals surface area contributed by atoms with Crippen LogP contribution in [0.4, 0.5) is 10.1 Å². The van der Waals surface area contributed by atoms with Crippen molar-refractivity contribution < 1.29 is 17.3 Å². The maximum atomic E-state index is 13.3. The average Bonchev–Trinajstić information content (AvgIpc) is 2.66. The predicted octanol–water partition coefficient (Wildman–Crippen LogP) is 3.30. The van der Waals surface area contributed by atoms with E-state index in [4.69, 9.17) is 4.52 Å². The van der Waals surface area contributed by atoms with E-state index in [2.05, 4.69) is 25.8 Å². The monoisotopic (exact) mass is 362 g/mol. The summed E-state index contributed by atoms with van der Waals surface area (Å²) in [6.07, 6.45) is 0. The molecule has 2 rings (SSSR count). The molecule has 0 aliphatic heterocycles. The molecule has 0 saturated heterocycles. The Morgan fingerprint density at radius 1 is 1.30 bits per heavy atom. The van der Waals surface area contributed by atoms with Gasteiger partial charge in [-0.1, -0.05) is 5.16 Å². The van der Waals surface area contributed by atoms with Crippen LogP contribution in [0.3, 0.4) is 0 Å². The lowest BCUT2D eigenvalue weighted by Crippen LogP contribution is -2.15. The number of hydrogen-bond acceptors (Lipinski definition) is 4. The molecule has 5 nitrogen and oxygen atoms in total. The second kappa shape index (κ2) is 5.17. The first-order valence-corrected chi connectivity index (χ1v) is 7.91. The van der Waals surface area contributed by atoms with Crippen LogP contribution in [0.1, 0.15) is 17.0 Å². The summed E-state index contributed by atoms with van der Waals surface area (Å²) in [7, 11) is -3.83. The zero-order chi connectivity index (χ0) is 15.1. The highest BCUT2D eigenvalue weighted by molar-refractivity contribution is 9.10. The quantitative estimate of drug-likeness (QED) is 0.908. The van der Waals surface area contributed by atoms with Crippen molar-refractivity contribution >= 4 is 31.6 Å². The SMILES string of the molecule is Cc1cc(F)c(Br)cc1NS(=O)(=O)c1c(C)noc1C. The van der Waals surface area contributed by atoms with Crippen LogP contribution in [0.5, 0.6) is 0 Å². The van der Waals surface area contributed by atoms with Crippen molar-refractivity contribution in [1.29, 1.82) is 0 Å². The Hall–Kier alpha value is -1.41. The third kappa shape index (κ3) is 2.71. The third-order valence-electron chi connectivity index (χ3n) is 2.75. The fourth-order valence-electron chi connectivity index (χ4n) is 1.81. The molecule has 0 fully saturated rings. The Labute approximate surface area is 124 Å². The number of nitrogens with zero attached hydrogens (tertiary/aromatic N) is 1. The molecule has 1 aromatic carbocycles. The molecule has 0 aliphatic rings. The molecule has 108 valence electrons. The molecule has 2 aromatic rings. The van der Waals surface area contributed by atoms with Crippen molar-refractivity contribution in [1.82, 2.24) is 5.16 Å². The minimum atomic E-state index is -3.83. The van der Waals surface area contributed by atoms with Crippen molar-refractivity contribution in [2.45, 2.75) is 25.7 Å². The highest BCUT2D eigenvalue weighted by atomic mass is 79.9. The Kier molecular flexibility index (Phi) is 3.88. The molecule has 0 aliphatic carbocycles. The Bertz CT molecular complexity index is 752. The van der Waals surface area contributed by atoms with E-state index >= 15 is 0 Å². The van der Waals surface area contributed by atoms with Crippen molar-refractivity contribution in [2.24, 2.45) is 0 Å². The van der Waals surface area contributed by atoms with Crippen molar-refractivity contribution in [3.63, 3.8) is 0 Å². The van der Waals surface area contributed by atoms with Crippen LogP contribution >= 0.6 is 15.9 Å². The highest BCUT2D eigenvalue weighted by Gasteiger charge is 2.25. The van der Waals surface area contributed by atoms with Crippen LogP contribution in [-0.4, -0.2) is 13.6 Å². The number of rotatable bonds is 3. The van der Waals surface area contributed by atoms with Gasteiger partial charge in [0.25, 0.3) is 10.0 Å². The van der Waals surface area contributed by atoms with E-state index in [1.54, 1.807) is 13.8 Å². The van der Waals surface area contributed by atoms with Crippen LogP contribution in [-0.2, 0) is 10.0 Å². The summed E-state index contributed by atoms with van der Waals surface area (Å²) in [6, 6.07) is 2.62. The number of aromatic nitrogens is 1. The summed E-state index contributed by atoms with van der Waals surface area (Å²) in [5.74, 6) is -0.253. The van der Waals surface area contributed by atoms with Gasteiger partial charge in [0.2, 0.25) is 0 Å². The number of nitrogens with one attached hydrogen (secondary N) is 1. The van der Waals surface area contributed by atoms with E-state index in [9.17, 15) is 12.8 Å². The Morgan fingerprint density at radius 3 is 2.50 bits per heavy atom. The van der Waals surface area contributed by atoms with E-state index in [-0.39, 0.29) is 20.8 Å². The first-order chi connectivity index (χ1) is 9.22. The predicted molar refractivity (Wildman–Crippen MR) is 75.6 cm³/mol. The smallest absolute Gasteiger partial charge is 0.267 e. The van der Waals surface area contributed by atoms with Gasteiger partial charge in [-0.05, 0) is 54.4 Å². The van der Waals surface area contributed by atoms with Crippen LogP contribution < -0.4 is 4.72 Å². The lowest BCUT2D eigenvalue weighted by Gasteiger charge is -2.11. The maximum Gasteiger partial charge on any atom is 0.267 e. The summed E-state index contributed by atoms with van der Waals surface area (Å²) < 4.78 is 45.5. The van der Waals surface area contributed by atoms with Gasteiger partial charge in [0.1, 0.15) is 11.5 Å². The molecule has 20 heavy (non-hydrogen) atoms. The molecule has 1 heterocycles. The molecule has 0 radical (unpaired) electrons. The number of halogens is 2. The van der Waals surface area contributed by atoms with Gasteiger partial charge >= 0.3 is 0 Å². The van der Waals surface area contributed by atoms with E-state index in [0.717, 1.165) is 0 Å². The van der Waals surface area contributed by atoms with Crippen molar-refractivity contribution in [3.05, 3.63) is 39.4 Å². The van der Waals surface area contributed by atoms with Crippen LogP contribution in [0.2, 0.25) is 0 Å². The molecule has 0 atom stereocenters. The topological polar surface area (TPSA) is 72.2 Å². The Morgan fingerprint density at radius 2 is 1.95 bits per heavy atom. The number of aryl methyl sites for hydroxylation is 3. The largest absolute Gasteiger partial charge is 0.360 e. The summed E-state index contributed by atoms with van der Waals surface area (Å²) >= 11 is 3.02. The normalized spacial score (nSPS) is 11.7. The molecule has 0 amide bonds. The minimum absolute atomic E-state index is 0.00246. The lowest BCUT2D eigenvalue weighted by molar-refractivity contribution is 0.390. The maximum absolute atomic E-state index is 13.3. The van der Waals surface area contributed by atoms with Gasteiger partial charge in [0, 0.05) is 0 Å². The van der Waals surface area contributed by atoms with E-state index in [1.165, 1.54) is 19.1 Å². The van der Waals surface area contributed by atoms with Crippen LogP contribution in [0, 0.1) is 26.6 Å². The van der Waals surface area contributed by atoms with Crippen LogP contribution in [0.25, 0.3) is 0 Å². The first kappa shape index (κ1) is 15.0. The molecule has 0 unspecified atom stereocenters. The van der Waals surface area contributed by atoms with E-state index < -0.39 is 15.8 Å². The highest BCUT2D eigenvalue weighted by Crippen LogP contribution is 2.28. The van der Waals surface area contributed by atoms with Gasteiger partial charge in [-0.25, -0.2) is 12.8 Å². The fourth-order valence-corrected chi connectivity index (χ4v) is 3.61. The van der Waals surface area contributed by atoms with Gasteiger partial charge in [-0.2, -0.15) is 0 Å². The summed E-state index contributed by atoms with van der Waals surface area (Å²) in [6.45, 7) is 4.67. The Balaban J connectivity index is 2.47. The summed E-state index contributed by atoms with van der Waals surface area (Å²) in [5.41, 5.74) is 1.04. The molecule has 1 N–H and O–H groups in total. The molecule has 0 spiro atoms.